The molecule has 0 spiro atoms. The zero-order valence-electron chi connectivity index (χ0n) is 77.4. The Morgan fingerprint density at radius 2 is 0.619 bits per heavy atom. The molecule has 1 unspecified atom stereocenters. The van der Waals surface area contributed by atoms with E-state index in [1.54, 1.807) is 0 Å². The summed E-state index contributed by atoms with van der Waals surface area (Å²) in [5.74, 6) is 4.73. The Labute approximate surface area is 805 Å². The molecule has 0 fully saturated rings. The first-order chi connectivity index (χ1) is 68.2. The minimum absolute atomic E-state index is 0.0489. The zero-order chi connectivity index (χ0) is 92.9. The van der Waals surface area contributed by atoms with Gasteiger partial charge in [-0.2, -0.15) is 0 Å². The van der Waals surface area contributed by atoms with Gasteiger partial charge in [0, 0.05) is 98.8 Å². The summed E-state index contributed by atoms with van der Waals surface area (Å²) in [4.78, 5) is 40.5. The first-order valence-electron chi connectivity index (χ1n) is 47.7. The van der Waals surface area contributed by atoms with Crippen LogP contribution in [0, 0.1) is 0 Å². The summed E-state index contributed by atoms with van der Waals surface area (Å²) in [7, 11) is 0. The predicted molar refractivity (Wildman–Crippen MR) is 567 cm³/mol. The van der Waals surface area contributed by atoms with Gasteiger partial charge in [-0.05, 0) is 173 Å². The van der Waals surface area contributed by atoms with Gasteiger partial charge in [0.25, 0.3) is 0 Å². The van der Waals surface area contributed by atoms with Crippen molar-refractivity contribution < 1.29 is 4.42 Å². The van der Waals surface area contributed by atoms with Crippen molar-refractivity contribution >= 4 is 65.6 Å². The molecule has 6 aromatic heterocycles. The highest BCUT2D eigenvalue weighted by molar-refractivity contribution is 6.14. The van der Waals surface area contributed by atoms with E-state index in [-0.39, 0.29) is 22.2 Å². The molecule has 4 aliphatic carbocycles. The van der Waals surface area contributed by atoms with Crippen molar-refractivity contribution in [1.82, 2.24) is 49.0 Å². The Bertz CT molecular complexity index is 8900. The van der Waals surface area contributed by atoms with Crippen LogP contribution in [0.15, 0.2) is 435 Å². The van der Waals surface area contributed by atoms with Gasteiger partial charge in [0.2, 0.25) is 5.95 Å². The molecule has 6 heterocycles. The SMILES string of the molecule is CC1(C)c2cc(-c3cccc4c3oc3ccccc34)ccc2-c2cc3c(cc21)c1ccccc1n3-c1nc(-c2ccccc2)cc(-c2ccccc2)n1.CC1(C)c2ccccc2-c2cc3c(cc21)c1ccccc1n3-c1ccc(-c2nc(-c3ccccc3)nc(-c3ccccc3)n2)cc1.CC1(C)c2ccccc2-c2ccc3c(c21)-c1ccccc1C3c1nc(-c2ccccc2)nc(-c2ccccc2)n1. The fourth-order valence-electron chi connectivity index (χ4n) is 22.5. The summed E-state index contributed by atoms with van der Waals surface area (Å²) in [5, 5.41) is 7.20. The minimum Gasteiger partial charge on any atom is -0.455 e. The highest BCUT2D eigenvalue weighted by Gasteiger charge is 2.45. The van der Waals surface area contributed by atoms with E-state index in [1.807, 2.05) is 121 Å². The minimum atomic E-state index is -0.218. The molecule has 0 bridgehead atoms. The molecule has 0 radical (unpaired) electrons. The maximum Gasteiger partial charge on any atom is 0.235 e. The monoisotopic (exact) mass is 1780 g/mol. The summed E-state index contributed by atoms with van der Waals surface area (Å²) in [6, 6.07) is 152. The molecule has 11 nitrogen and oxygen atoms in total. The summed E-state index contributed by atoms with van der Waals surface area (Å²) in [5.41, 5.74) is 39.3. The average Bonchev–Trinajstić information content (AvgIpc) is 1.54. The smallest absolute Gasteiger partial charge is 0.235 e. The van der Waals surface area contributed by atoms with E-state index >= 15 is 0 Å². The quantitative estimate of drug-likeness (QED) is 0.124. The van der Waals surface area contributed by atoms with Crippen LogP contribution in [-0.2, 0) is 16.2 Å². The van der Waals surface area contributed by atoms with Crippen LogP contribution in [0.2, 0.25) is 0 Å². The first kappa shape index (κ1) is 82.2. The van der Waals surface area contributed by atoms with E-state index < -0.39 is 0 Å². The Kier molecular flexibility index (Phi) is 19.1. The lowest BCUT2D eigenvalue weighted by Gasteiger charge is -2.25. The highest BCUT2D eigenvalue weighted by Crippen LogP contribution is 2.60. The van der Waals surface area contributed by atoms with Gasteiger partial charge < -0.3 is 8.98 Å². The molecule has 0 aliphatic heterocycles. The molecule has 0 amide bonds. The van der Waals surface area contributed by atoms with Crippen molar-refractivity contribution in [3.63, 3.8) is 0 Å². The molecule has 139 heavy (non-hydrogen) atoms. The number of hydrogen-bond donors (Lipinski definition) is 0. The predicted octanol–water partition coefficient (Wildman–Crippen LogP) is 31.7. The maximum atomic E-state index is 6.47. The highest BCUT2D eigenvalue weighted by atomic mass is 16.3. The molecule has 4 aliphatic rings. The van der Waals surface area contributed by atoms with Gasteiger partial charge in [0.1, 0.15) is 17.0 Å². The lowest BCUT2D eigenvalue weighted by molar-refractivity contribution is 0.661. The molecule has 1 atom stereocenters. The number of hydrogen-bond acceptors (Lipinski definition) is 9. The van der Waals surface area contributed by atoms with E-state index in [4.69, 9.17) is 44.3 Å². The number of furan rings is 1. The zero-order valence-corrected chi connectivity index (χ0v) is 77.4. The third-order valence-corrected chi connectivity index (χ3v) is 29.3. The van der Waals surface area contributed by atoms with Gasteiger partial charge in [-0.25, -0.2) is 39.9 Å². The summed E-state index contributed by atoms with van der Waals surface area (Å²) in [6.45, 7) is 14.1. The van der Waals surface area contributed by atoms with Crippen LogP contribution < -0.4 is 0 Å². The molecular formula is C128H90N10O. The topological polar surface area (TPSA) is 126 Å². The molecule has 24 aromatic rings. The third-order valence-electron chi connectivity index (χ3n) is 29.3. The molecule has 18 aromatic carbocycles. The van der Waals surface area contributed by atoms with Gasteiger partial charge in [0.05, 0.1) is 39.4 Å². The van der Waals surface area contributed by atoms with Crippen molar-refractivity contribution in [1.29, 1.82) is 0 Å². The second-order valence-electron chi connectivity index (χ2n) is 38.3. The second kappa shape index (κ2) is 32.4. The van der Waals surface area contributed by atoms with Crippen molar-refractivity contribution in [2.24, 2.45) is 0 Å². The van der Waals surface area contributed by atoms with Crippen molar-refractivity contribution in [2.45, 2.75) is 63.7 Å². The molecule has 658 valence electrons. The number of fused-ring (bicyclic) bond motifs is 22. The van der Waals surface area contributed by atoms with Crippen LogP contribution >= 0.6 is 0 Å². The van der Waals surface area contributed by atoms with E-state index in [0.717, 1.165) is 106 Å². The third kappa shape index (κ3) is 13.5. The first-order valence-corrected chi connectivity index (χ1v) is 47.7. The van der Waals surface area contributed by atoms with Crippen molar-refractivity contribution in [3.05, 3.63) is 481 Å². The normalized spacial score (nSPS) is 13.9. The van der Waals surface area contributed by atoms with Crippen molar-refractivity contribution in [3.8, 4) is 147 Å². The number of benzene rings is 18. The van der Waals surface area contributed by atoms with Crippen LogP contribution in [0.25, 0.3) is 212 Å². The summed E-state index contributed by atoms with van der Waals surface area (Å²) in [6.07, 6.45) is 0. The Balaban J connectivity index is 0.000000109. The number of nitrogens with zero attached hydrogens (tertiary/aromatic N) is 10. The Morgan fingerprint density at radius 3 is 1.17 bits per heavy atom. The molecule has 0 N–H and O–H groups in total. The lowest BCUT2D eigenvalue weighted by atomic mass is 9.78. The van der Waals surface area contributed by atoms with Gasteiger partial charge in [-0.3, -0.25) is 4.57 Å². The van der Waals surface area contributed by atoms with Crippen LogP contribution in [0.5, 0.6) is 0 Å². The maximum absolute atomic E-state index is 6.47. The van der Waals surface area contributed by atoms with Crippen LogP contribution in [0.1, 0.15) is 97.8 Å². The molecular weight excluding hydrogens is 1690 g/mol. The lowest BCUT2D eigenvalue weighted by Crippen LogP contribution is -2.16. The largest absolute Gasteiger partial charge is 0.455 e. The number of aromatic nitrogens is 10. The fourth-order valence-corrected chi connectivity index (χ4v) is 22.5. The molecule has 28 rings (SSSR count). The fraction of sp³-hybridized carbons (Fsp3) is 0.0781. The van der Waals surface area contributed by atoms with Crippen LogP contribution in [0.3, 0.4) is 0 Å². The van der Waals surface area contributed by atoms with Gasteiger partial charge >= 0.3 is 0 Å². The van der Waals surface area contributed by atoms with Crippen molar-refractivity contribution in [2.75, 3.05) is 0 Å². The molecule has 11 heteroatoms. The van der Waals surface area contributed by atoms with E-state index in [0.29, 0.717) is 35.1 Å². The van der Waals surface area contributed by atoms with E-state index in [1.165, 1.54) is 122 Å². The van der Waals surface area contributed by atoms with Crippen LogP contribution in [0.4, 0.5) is 0 Å². The van der Waals surface area contributed by atoms with E-state index in [9.17, 15) is 0 Å². The number of para-hydroxylation sites is 4. The van der Waals surface area contributed by atoms with Gasteiger partial charge in [-0.1, -0.05) is 393 Å². The van der Waals surface area contributed by atoms with Gasteiger partial charge in [-0.15, -0.1) is 0 Å². The summed E-state index contributed by atoms with van der Waals surface area (Å²) >= 11 is 0. The van der Waals surface area contributed by atoms with Gasteiger partial charge in [0.15, 0.2) is 29.1 Å². The standard InChI is InChI=1S/C49H33N3O.C42H30N4.C37H27N3/c1-49(2)40-26-32(33-20-13-21-37-36-19-10-12-23-46(36)53-47(33)37)24-25-34(40)38-28-45-39(27-41(38)49)35-18-9-11-22-44(35)52(45)48-50-42(30-14-5-3-6-15-30)29-43(51-48)31-16-7-4-8-17-31;1-42(2)35-19-11-9-17-31(35)33-26-38-34(25-36(33)42)32-18-10-12-20-37(32)46(38)30-23-21-29(22-24-30)41-44-39(27-13-5-3-6-14-27)43-40(45-41)28-15-7-4-8-16-28;1-37(2)30-20-12-11-17-25(30)28-21-22-29-31(33(28)37)26-18-9-10-19-27(26)32(29)36-39-34(23-13-5-3-6-14-23)38-35(40-36)24-15-7-4-8-16-24/h3-29H,1-2H3;3-26H,1-2H3;3-22,32H,1-2H3. The molecule has 0 saturated carbocycles. The number of rotatable bonds is 11. The van der Waals surface area contributed by atoms with E-state index in [2.05, 4.69) is 360 Å². The second-order valence-corrected chi connectivity index (χ2v) is 38.3. The summed E-state index contributed by atoms with van der Waals surface area (Å²) < 4.78 is 11.1. The van der Waals surface area contributed by atoms with Crippen LogP contribution in [-0.4, -0.2) is 49.0 Å². The molecule has 0 saturated heterocycles. The Hall–Kier alpha value is -17.5. The Morgan fingerprint density at radius 1 is 0.230 bits per heavy atom. The average molecular weight is 1780 g/mol.